The van der Waals surface area contributed by atoms with Gasteiger partial charge >= 0.3 is 6.09 Å². The number of piperazine rings is 1. The molecule has 4 fully saturated rings. The first kappa shape index (κ1) is 30.3. The zero-order chi connectivity index (χ0) is 30.5. The van der Waals surface area contributed by atoms with Crippen molar-refractivity contribution in [2.75, 3.05) is 19.6 Å². The van der Waals surface area contributed by atoms with Crippen molar-refractivity contribution in [2.45, 2.75) is 89.3 Å². The van der Waals surface area contributed by atoms with E-state index in [4.69, 9.17) is 27.9 Å². The zero-order valence-corrected chi connectivity index (χ0v) is 26.7. The Morgan fingerprint density at radius 2 is 1.53 bits per heavy atom. The van der Waals surface area contributed by atoms with E-state index in [1.807, 2.05) is 62.1 Å². The third kappa shape index (κ3) is 6.12. The Balaban J connectivity index is 1.17. The van der Waals surface area contributed by atoms with Crippen molar-refractivity contribution in [3.63, 3.8) is 0 Å². The zero-order valence-electron chi connectivity index (χ0n) is 25.2. The highest BCUT2D eigenvalue weighted by atomic mass is 35.5. The van der Waals surface area contributed by atoms with Gasteiger partial charge in [0.25, 0.3) is 5.91 Å². The van der Waals surface area contributed by atoms with Crippen molar-refractivity contribution in [3.05, 3.63) is 57.6 Å². The number of rotatable bonds is 5. The summed E-state index contributed by atoms with van der Waals surface area (Å²) in [6.07, 6.45) is 7.05. The van der Waals surface area contributed by atoms with Crippen molar-refractivity contribution < 1.29 is 19.1 Å². The van der Waals surface area contributed by atoms with Gasteiger partial charge in [-0.1, -0.05) is 54.6 Å². The number of amides is 3. The van der Waals surface area contributed by atoms with E-state index >= 15 is 0 Å². The van der Waals surface area contributed by atoms with E-state index in [9.17, 15) is 14.4 Å². The number of hydrogen-bond acceptors (Lipinski definition) is 4. The molecule has 3 amide bonds. The summed E-state index contributed by atoms with van der Waals surface area (Å²) in [5.74, 6) is 0.381. The summed E-state index contributed by atoms with van der Waals surface area (Å²) < 4.78 is 5.56. The number of nitrogens with one attached hydrogen (secondary N) is 1. The molecule has 0 aromatic heterocycles. The Morgan fingerprint density at radius 3 is 2.09 bits per heavy atom. The average Bonchev–Trinajstić information content (AvgIpc) is 3.70. The van der Waals surface area contributed by atoms with E-state index in [0.29, 0.717) is 41.2 Å². The molecule has 2 aromatic carbocycles. The number of likely N-dealkylation sites (tertiary alicyclic amines) is 2. The fourth-order valence-electron chi connectivity index (χ4n) is 7.71. The molecule has 3 heterocycles. The van der Waals surface area contributed by atoms with Gasteiger partial charge in [-0.2, -0.15) is 0 Å². The van der Waals surface area contributed by atoms with Crippen molar-refractivity contribution in [3.8, 4) is 11.1 Å². The van der Waals surface area contributed by atoms with Gasteiger partial charge < -0.3 is 19.9 Å². The van der Waals surface area contributed by atoms with Crippen LogP contribution in [0.15, 0.2) is 36.4 Å². The summed E-state index contributed by atoms with van der Waals surface area (Å²) in [7, 11) is 0. The second kappa shape index (κ2) is 12.0. The predicted octanol–water partition coefficient (Wildman–Crippen LogP) is 7.29. The number of halogens is 2. The highest BCUT2D eigenvalue weighted by Gasteiger charge is 2.48. The average molecular weight is 627 g/mol. The van der Waals surface area contributed by atoms with E-state index in [-0.39, 0.29) is 41.8 Å². The molecule has 43 heavy (non-hydrogen) atoms. The Labute approximate surface area is 264 Å². The van der Waals surface area contributed by atoms with Crippen LogP contribution in [0.5, 0.6) is 0 Å². The molecule has 1 N–H and O–H groups in total. The van der Waals surface area contributed by atoms with Crippen LogP contribution < -0.4 is 5.32 Å². The molecule has 0 spiro atoms. The molecular weight excluding hydrogens is 585 g/mol. The summed E-state index contributed by atoms with van der Waals surface area (Å²) in [6.45, 7) is 7.29. The lowest BCUT2D eigenvalue weighted by molar-refractivity contribution is -0.123. The van der Waals surface area contributed by atoms with E-state index in [1.165, 1.54) is 19.3 Å². The Morgan fingerprint density at radius 1 is 0.907 bits per heavy atom. The van der Waals surface area contributed by atoms with E-state index < -0.39 is 5.60 Å². The van der Waals surface area contributed by atoms with Crippen LogP contribution in [0, 0.1) is 11.8 Å². The molecule has 6 rings (SSSR count). The SMILES string of the molecule is CC(C)(C)OC(=O)N1CC2CC1CN2C(=O)c1ccc(-c2cc(Cl)c(C(C3CCCCC3)C3CCNC3=O)c(Cl)c2)cc1. The minimum absolute atomic E-state index is 0.00564. The molecule has 4 aliphatic rings. The van der Waals surface area contributed by atoms with Crippen LogP contribution in [0.2, 0.25) is 10.0 Å². The Kier molecular flexibility index (Phi) is 8.42. The molecule has 4 unspecified atom stereocenters. The molecular formula is C34H41Cl2N3O4. The number of nitrogens with zero attached hydrogens (tertiary/aromatic N) is 2. The van der Waals surface area contributed by atoms with Gasteiger partial charge in [0.05, 0.1) is 12.1 Å². The lowest BCUT2D eigenvalue weighted by Crippen LogP contribution is -2.51. The highest BCUT2D eigenvalue weighted by molar-refractivity contribution is 6.36. The summed E-state index contributed by atoms with van der Waals surface area (Å²) >= 11 is 14.0. The van der Waals surface area contributed by atoms with Gasteiger partial charge in [0, 0.05) is 47.1 Å². The number of ether oxygens (including phenoxy) is 1. The molecule has 9 heteroatoms. The first-order chi connectivity index (χ1) is 20.5. The quantitative estimate of drug-likeness (QED) is 0.378. The number of benzene rings is 2. The molecule has 3 aliphatic heterocycles. The van der Waals surface area contributed by atoms with Crippen LogP contribution in [-0.2, 0) is 9.53 Å². The molecule has 1 saturated carbocycles. The van der Waals surface area contributed by atoms with Crippen LogP contribution in [-0.4, -0.2) is 65.0 Å². The fraction of sp³-hybridized carbons (Fsp3) is 0.559. The van der Waals surface area contributed by atoms with Crippen LogP contribution in [0.1, 0.15) is 87.6 Å². The molecule has 1 aliphatic carbocycles. The van der Waals surface area contributed by atoms with E-state index in [1.54, 1.807) is 4.90 Å². The largest absolute Gasteiger partial charge is 0.444 e. The maximum atomic E-state index is 13.4. The second-order valence-electron chi connectivity index (χ2n) is 13.7. The smallest absolute Gasteiger partial charge is 0.410 e. The van der Waals surface area contributed by atoms with Gasteiger partial charge in [0.15, 0.2) is 0 Å². The summed E-state index contributed by atoms with van der Waals surface area (Å²) in [6, 6.07) is 11.4. The molecule has 3 saturated heterocycles. The van der Waals surface area contributed by atoms with Crippen molar-refractivity contribution in [1.82, 2.24) is 15.1 Å². The van der Waals surface area contributed by atoms with Crippen molar-refractivity contribution in [2.24, 2.45) is 11.8 Å². The summed E-state index contributed by atoms with van der Waals surface area (Å²) in [5, 5.41) is 4.21. The van der Waals surface area contributed by atoms with Crippen LogP contribution in [0.25, 0.3) is 11.1 Å². The standard InChI is InChI=1S/C34H41Cl2N3O4/c1-34(2,3)43-33(42)39-19-24-17-25(39)18-38(24)32(41)22-11-9-20(10-12-22)23-15-27(35)30(28(36)16-23)29(21-7-5-4-6-8-21)26-13-14-37-31(26)40/h9-12,15-16,21,24-26,29H,4-8,13-14,17-19H2,1-3H3,(H,37,40). The van der Waals surface area contributed by atoms with Crippen LogP contribution in [0.4, 0.5) is 4.79 Å². The second-order valence-corrected chi connectivity index (χ2v) is 14.5. The van der Waals surface area contributed by atoms with Gasteiger partial charge in [0.2, 0.25) is 5.91 Å². The summed E-state index contributed by atoms with van der Waals surface area (Å²) in [5.41, 5.74) is 2.76. The highest BCUT2D eigenvalue weighted by Crippen LogP contribution is 2.48. The number of carbonyl (C=O) groups excluding carboxylic acids is 3. The maximum absolute atomic E-state index is 13.4. The van der Waals surface area contributed by atoms with Crippen LogP contribution >= 0.6 is 23.2 Å². The lowest BCUT2D eigenvalue weighted by atomic mass is 9.70. The molecule has 2 bridgehead atoms. The number of carbonyl (C=O) groups is 3. The van der Waals surface area contributed by atoms with E-state index in [0.717, 1.165) is 42.4 Å². The van der Waals surface area contributed by atoms with Gasteiger partial charge in [-0.15, -0.1) is 0 Å². The fourth-order valence-corrected chi connectivity index (χ4v) is 8.45. The van der Waals surface area contributed by atoms with Crippen LogP contribution in [0.3, 0.4) is 0 Å². The first-order valence-electron chi connectivity index (χ1n) is 15.7. The van der Waals surface area contributed by atoms with E-state index in [2.05, 4.69) is 5.32 Å². The summed E-state index contributed by atoms with van der Waals surface area (Å²) in [4.78, 5) is 42.5. The maximum Gasteiger partial charge on any atom is 0.410 e. The minimum Gasteiger partial charge on any atom is -0.444 e. The predicted molar refractivity (Wildman–Crippen MR) is 169 cm³/mol. The molecule has 0 radical (unpaired) electrons. The van der Waals surface area contributed by atoms with Gasteiger partial charge in [-0.25, -0.2) is 4.79 Å². The van der Waals surface area contributed by atoms with Gasteiger partial charge in [0.1, 0.15) is 5.60 Å². The van der Waals surface area contributed by atoms with Crippen molar-refractivity contribution >= 4 is 41.1 Å². The normalized spacial score (nSPS) is 24.8. The van der Waals surface area contributed by atoms with Gasteiger partial charge in [-0.3, -0.25) is 9.59 Å². The molecule has 7 nitrogen and oxygen atoms in total. The number of fused-ring (bicyclic) bond motifs is 2. The lowest BCUT2D eigenvalue weighted by Gasteiger charge is -2.35. The van der Waals surface area contributed by atoms with Crippen molar-refractivity contribution in [1.29, 1.82) is 0 Å². The minimum atomic E-state index is -0.547. The first-order valence-corrected chi connectivity index (χ1v) is 16.4. The topological polar surface area (TPSA) is 79.0 Å². The number of hydrogen-bond donors (Lipinski definition) is 1. The molecule has 230 valence electrons. The third-order valence-corrected chi connectivity index (χ3v) is 10.3. The molecule has 4 atom stereocenters. The van der Waals surface area contributed by atoms with Gasteiger partial charge in [-0.05, 0) is 93.3 Å². The monoisotopic (exact) mass is 625 g/mol. The Hall–Kier alpha value is -2.77. The Bertz CT molecular complexity index is 1380. The third-order valence-electron chi connectivity index (χ3n) is 9.69. The molecule has 2 aromatic rings.